The van der Waals surface area contributed by atoms with Crippen molar-refractivity contribution in [2.24, 2.45) is 0 Å². The third kappa shape index (κ3) is 23.9. The number of methoxy groups -OCH3 is 2. The van der Waals surface area contributed by atoms with E-state index in [4.69, 9.17) is 56.4 Å². The van der Waals surface area contributed by atoms with Gasteiger partial charge < -0.3 is 52.4 Å². The van der Waals surface area contributed by atoms with Gasteiger partial charge in [-0.15, -0.1) is 23.2 Å². The van der Waals surface area contributed by atoms with E-state index in [9.17, 15) is 20.1 Å². The molecule has 4 aromatic rings. The molecule has 0 N–H and O–H groups in total. The fourth-order valence-electron chi connectivity index (χ4n) is 7.03. The van der Waals surface area contributed by atoms with Gasteiger partial charge in [-0.3, -0.25) is 0 Å². The van der Waals surface area contributed by atoms with Gasteiger partial charge in [0.25, 0.3) is 0 Å². The van der Waals surface area contributed by atoms with Crippen LogP contribution in [0, 0.1) is 22.7 Å². The van der Waals surface area contributed by atoms with E-state index < -0.39 is 11.9 Å². The van der Waals surface area contributed by atoms with E-state index in [0.717, 1.165) is 85.6 Å². The first-order valence-electron chi connectivity index (χ1n) is 24.5. The van der Waals surface area contributed by atoms with Crippen molar-refractivity contribution in [2.45, 2.75) is 38.5 Å². The summed E-state index contributed by atoms with van der Waals surface area (Å²) in [7, 11) is 2.50. The second kappa shape index (κ2) is 36.6. The molecule has 17 heteroatoms. The van der Waals surface area contributed by atoms with E-state index >= 15 is 0 Å². The number of esters is 2. The Bertz CT molecular complexity index is 2160. The Balaban J connectivity index is 0.956. The minimum absolute atomic E-state index is 0.0552. The molecule has 0 radical (unpaired) electrons. The van der Waals surface area contributed by atoms with Crippen LogP contribution in [0.15, 0.2) is 108 Å². The number of anilines is 2. The minimum Gasteiger partial charge on any atom is -0.494 e. The molecule has 0 fully saturated rings. The van der Waals surface area contributed by atoms with Crippen LogP contribution >= 0.6 is 23.2 Å². The number of benzene rings is 4. The quantitative estimate of drug-likeness (QED) is 0.0136. The van der Waals surface area contributed by atoms with Crippen LogP contribution in [0.3, 0.4) is 0 Å². The van der Waals surface area contributed by atoms with E-state index in [0.29, 0.717) is 102 Å². The number of rotatable bonds is 38. The summed E-state index contributed by atoms with van der Waals surface area (Å²) in [5.74, 6) is 2.57. The summed E-state index contributed by atoms with van der Waals surface area (Å²) in [6, 6.07) is 34.0. The van der Waals surface area contributed by atoms with Crippen molar-refractivity contribution in [1.29, 1.82) is 10.5 Å². The molecule has 15 nitrogen and oxygen atoms in total. The van der Waals surface area contributed by atoms with Crippen LogP contribution in [0.5, 0.6) is 23.0 Å². The Kier molecular flexibility index (Phi) is 29.7. The van der Waals surface area contributed by atoms with Gasteiger partial charge in [0.05, 0.1) is 27.4 Å². The molecule has 392 valence electrons. The lowest BCUT2D eigenvalue weighted by atomic mass is 10.1. The summed E-state index contributed by atoms with van der Waals surface area (Å²) in [5.41, 5.74) is 3.36. The number of nitrogens with zero attached hydrogens (tertiary/aromatic N) is 4. The minimum atomic E-state index is -0.663. The topological polar surface area (TPSA) is 171 Å². The number of carbonyl (C=O) groups is 2. The average Bonchev–Trinajstić information content (AvgIpc) is 3.42. The molecule has 0 aliphatic rings. The summed E-state index contributed by atoms with van der Waals surface area (Å²) < 4.78 is 50.3. The molecular weight excluding hydrogens is 976 g/mol. The van der Waals surface area contributed by atoms with E-state index in [1.54, 1.807) is 0 Å². The molecule has 0 unspecified atom stereocenters. The molecule has 0 atom stereocenters. The zero-order valence-corrected chi connectivity index (χ0v) is 43.5. The van der Waals surface area contributed by atoms with Crippen molar-refractivity contribution in [3.63, 3.8) is 0 Å². The maximum Gasteiger partial charge on any atom is 0.348 e. The van der Waals surface area contributed by atoms with Crippen molar-refractivity contribution in [3.05, 3.63) is 119 Å². The lowest BCUT2D eigenvalue weighted by molar-refractivity contribution is -0.136. The molecule has 0 aromatic heterocycles. The fourth-order valence-corrected chi connectivity index (χ4v) is 7.44. The number of halogens is 2. The predicted molar refractivity (Wildman–Crippen MR) is 285 cm³/mol. The number of carbonyl (C=O) groups excluding carboxylic acids is 2. The highest BCUT2D eigenvalue weighted by molar-refractivity contribution is 6.18. The summed E-state index contributed by atoms with van der Waals surface area (Å²) in [4.78, 5) is 27.8. The fraction of sp³-hybridized carbons (Fsp3) is 0.429. The summed E-state index contributed by atoms with van der Waals surface area (Å²) in [6.07, 6.45) is 7.82. The monoisotopic (exact) mass is 1040 g/mol. The van der Waals surface area contributed by atoms with Gasteiger partial charge in [0, 0.05) is 115 Å². The van der Waals surface area contributed by atoms with Gasteiger partial charge in [-0.1, -0.05) is 24.3 Å². The summed E-state index contributed by atoms with van der Waals surface area (Å²) in [6.45, 7) is 8.91. The average molecular weight is 1040 g/mol. The van der Waals surface area contributed by atoms with Crippen molar-refractivity contribution < 1.29 is 52.2 Å². The molecule has 73 heavy (non-hydrogen) atoms. The van der Waals surface area contributed by atoms with Gasteiger partial charge in [-0.2, -0.15) is 10.5 Å². The first kappa shape index (κ1) is 59.3. The Morgan fingerprint density at radius 2 is 0.767 bits per heavy atom. The number of nitriles is 2. The van der Waals surface area contributed by atoms with Gasteiger partial charge in [0.15, 0.2) is 0 Å². The largest absolute Gasteiger partial charge is 0.494 e. The van der Waals surface area contributed by atoms with Gasteiger partial charge >= 0.3 is 11.9 Å². The smallest absolute Gasteiger partial charge is 0.348 e. The number of alkyl halides is 2. The van der Waals surface area contributed by atoms with E-state index in [1.165, 1.54) is 26.4 Å². The molecule has 0 spiro atoms. The second-order valence-electron chi connectivity index (χ2n) is 16.2. The first-order chi connectivity index (χ1) is 35.8. The first-order valence-corrected chi connectivity index (χ1v) is 25.5. The lowest BCUT2D eigenvalue weighted by Gasteiger charge is -2.24. The van der Waals surface area contributed by atoms with Crippen LogP contribution in [0.4, 0.5) is 11.4 Å². The van der Waals surface area contributed by atoms with Crippen molar-refractivity contribution in [1.82, 2.24) is 0 Å². The molecule has 4 rings (SSSR count). The second-order valence-corrected chi connectivity index (χ2v) is 16.9. The molecule has 0 aliphatic carbocycles. The molecule has 0 aliphatic heterocycles. The van der Waals surface area contributed by atoms with Crippen LogP contribution in [-0.4, -0.2) is 130 Å². The highest BCUT2D eigenvalue weighted by atomic mass is 35.5. The van der Waals surface area contributed by atoms with Crippen LogP contribution in [0.2, 0.25) is 0 Å². The predicted octanol–water partition coefficient (Wildman–Crippen LogP) is 10.3. The zero-order chi connectivity index (χ0) is 52.1. The maximum absolute atomic E-state index is 11.7. The molecule has 0 bridgehead atoms. The highest BCUT2D eigenvalue weighted by Crippen LogP contribution is 2.26. The standard InChI is InChI=1S/C56H68Cl2N4O11/c1-65-55(63)47(43-59)41-45-9-13-49(14-10-45)61(29-25-57)27-3-31-67-33-5-35-69-37-7-39-71-51-17-21-53(22-18-51)73-54-23-19-52(20-24-54)72-40-8-38-70-36-6-34-68-32-4-28-62(30-26-58)50-15-11-46(12-16-50)42-48(44-60)56(64)66-2/h9-24,41-42H,3-8,25-40H2,1-2H3/b47-41+,48-42+. The van der Waals surface area contributed by atoms with Gasteiger partial charge in [0.2, 0.25) is 0 Å². The third-order valence-electron chi connectivity index (χ3n) is 10.8. The number of ether oxygens (including phenoxy) is 9. The van der Waals surface area contributed by atoms with Crippen LogP contribution in [0.1, 0.15) is 49.7 Å². The highest BCUT2D eigenvalue weighted by Gasteiger charge is 2.12. The lowest BCUT2D eigenvalue weighted by Crippen LogP contribution is -2.27. The summed E-state index contributed by atoms with van der Waals surface area (Å²) >= 11 is 12.1. The molecule has 0 saturated heterocycles. The van der Waals surface area contributed by atoms with Crippen LogP contribution < -0.4 is 24.0 Å². The normalized spacial score (nSPS) is 11.3. The Hall–Kier alpha value is -6.30. The van der Waals surface area contributed by atoms with Crippen molar-refractivity contribution >= 4 is 58.7 Å². The van der Waals surface area contributed by atoms with Gasteiger partial charge in [-0.25, -0.2) is 9.59 Å². The Labute approximate surface area is 440 Å². The molecular formula is C56H68Cl2N4O11. The zero-order valence-electron chi connectivity index (χ0n) is 42.0. The molecule has 0 amide bonds. The Morgan fingerprint density at radius 3 is 1.08 bits per heavy atom. The van der Waals surface area contributed by atoms with Gasteiger partial charge in [-0.05, 0) is 122 Å². The third-order valence-corrected chi connectivity index (χ3v) is 11.1. The van der Waals surface area contributed by atoms with E-state index in [1.807, 2.05) is 109 Å². The van der Waals surface area contributed by atoms with E-state index in [-0.39, 0.29) is 11.1 Å². The molecule has 0 saturated carbocycles. The van der Waals surface area contributed by atoms with Crippen molar-refractivity contribution in [3.8, 4) is 35.1 Å². The van der Waals surface area contributed by atoms with Crippen LogP contribution in [0.25, 0.3) is 12.2 Å². The Morgan fingerprint density at radius 1 is 0.452 bits per heavy atom. The van der Waals surface area contributed by atoms with Crippen molar-refractivity contribution in [2.75, 3.05) is 128 Å². The number of hydrogen-bond acceptors (Lipinski definition) is 15. The number of hydrogen-bond donors (Lipinski definition) is 0. The molecule has 0 heterocycles. The van der Waals surface area contributed by atoms with E-state index in [2.05, 4.69) is 19.3 Å². The SMILES string of the molecule is COC(=O)/C(C#N)=C/c1ccc(N(CCCl)CCCOCCCOCCCOc2ccc(Oc3ccc(OCCCOCCCOCCCN(CCCl)c4ccc(/C=C(\C#N)C(=O)OC)cc4)cc3)cc2)cc1. The van der Waals surface area contributed by atoms with Crippen LogP contribution in [-0.2, 0) is 38.0 Å². The molecule has 4 aromatic carbocycles. The van der Waals surface area contributed by atoms with Gasteiger partial charge in [0.1, 0.15) is 46.3 Å². The summed E-state index contributed by atoms with van der Waals surface area (Å²) in [5, 5.41) is 18.4. The maximum atomic E-state index is 11.7.